The quantitative estimate of drug-likeness (QED) is 0.0744. The minimum Gasteiger partial charge on any atom is -0.497 e. The van der Waals surface area contributed by atoms with Gasteiger partial charge in [-0.15, -0.1) is 25.8 Å². The summed E-state index contributed by atoms with van der Waals surface area (Å²) in [5.74, 6) is 1.26. The third kappa shape index (κ3) is 8.15. The Morgan fingerprint density at radius 3 is 2.35 bits per heavy atom. The van der Waals surface area contributed by atoms with Crippen LogP contribution >= 0.6 is 12.6 Å². The smallest absolute Gasteiger partial charge is 0.497 e. The summed E-state index contributed by atoms with van der Waals surface area (Å²) < 4.78 is 46.0. The van der Waals surface area contributed by atoms with E-state index in [0.717, 1.165) is 23.4 Å². The van der Waals surface area contributed by atoms with Crippen LogP contribution in [0, 0.1) is 5.41 Å². The molecule has 11 heteroatoms. The Bertz CT molecular complexity index is 1330. The zero-order chi connectivity index (χ0) is 28.9. The van der Waals surface area contributed by atoms with Crippen molar-refractivity contribution in [1.29, 1.82) is 5.41 Å². The van der Waals surface area contributed by atoms with Crippen molar-refractivity contribution in [1.82, 2.24) is 5.32 Å². The number of anilines is 2. The first kappa shape index (κ1) is 29.3. The monoisotopic (exact) mass is 571 g/mol. The van der Waals surface area contributed by atoms with Crippen LogP contribution in [0.2, 0.25) is 0 Å². The van der Waals surface area contributed by atoms with Crippen LogP contribution in [0.5, 0.6) is 11.5 Å². The summed E-state index contributed by atoms with van der Waals surface area (Å²) in [5, 5.41) is 18.0. The van der Waals surface area contributed by atoms with Crippen molar-refractivity contribution < 1.29 is 22.6 Å². The third-order valence-electron chi connectivity index (χ3n) is 6.46. The number of rotatable bonds is 11. The molecule has 1 aliphatic rings. The predicted octanol–water partition coefficient (Wildman–Crippen LogP) is 6.95. The first-order valence-corrected chi connectivity index (χ1v) is 13.3. The van der Waals surface area contributed by atoms with E-state index in [2.05, 4.69) is 39.5 Å². The van der Waals surface area contributed by atoms with Crippen LogP contribution in [0.1, 0.15) is 48.8 Å². The lowest BCUT2D eigenvalue weighted by Gasteiger charge is -2.21. The molecule has 4 N–H and O–H groups in total. The number of nitrogens with one attached hydrogen (secondary N) is 4. The number of thiol groups is 1. The van der Waals surface area contributed by atoms with Crippen LogP contribution in [-0.4, -0.2) is 37.2 Å². The number of ether oxygens (including phenoxy) is 2. The molecule has 0 radical (unpaired) electrons. The second-order valence-corrected chi connectivity index (χ2v) is 10.2. The average molecular weight is 572 g/mol. The fraction of sp³-hybridized carbons (Fsp3) is 0.310. The molecule has 0 spiro atoms. The fourth-order valence-corrected chi connectivity index (χ4v) is 4.63. The topological polar surface area (TPSA) is 90.8 Å². The number of amidine groups is 1. The van der Waals surface area contributed by atoms with Gasteiger partial charge in [0.2, 0.25) is 0 Å². The number of methoxy groups -OCH3 is 1. The number of nitrogens with zero attached hydrogens (tertiary/aromatic N) is 1. The summed E-state index contributed by atoms with van der Waals surface area (Å²) >= 11 is 4.71. The molecule has 1 saturated carbocycles. The lowest BCUT2D eigenvalue weighted by atomic mass is 10.0. The molecule has 0 bridgehead atoms. The van der Waals surface area contributed by atoms with E-state index >= 15 is 0 Å². The summed E-state index contributed by atoms with van der Waals surface area (Å²) in [4.78, 5) is 4.08. The van der Waals surface area contributed by atoms with E-state index in [1.54, 1.807) is 7.11 Å². The lowest BCUT2D eigenvalue weighted by Crippen LogP contribution is -2.34. The Morgan fingerprint density at radius 1 is 1.05 bits per heavy atom. The van der Waals surface area contributed by atoms with E-state index in [-0.39, 0.29) is 23.1 Å². The molecule has 3 unspecified atom stereocenters. The Hall–Kier alpha value is -3.70. The Labute approximate surface area is 237 Å². The molecule has 7 nitrogen and oxygen atoms in total. The van der Waals surface area contributed by atoms with Crippen molar-refractivity contribution in [3.8, 4) is 11.5 Å². The zero-order valence-corrected chi connectivity index (χ0v) is 23.2. The molecule has 0 amide bonds. The first-order chi connectivity index (χ1) is 19.0. The average Bonchev–Trinajstić information content (AvgIpc) is 3.67. The van der Waals surface area contributed by atoms with Gasteiger partial charge < -0.3 is 20.1 Å². The number of alkyl halides is 3. The molecule has 0 saturated heterocycles. The summed E-state index contributed by atoms with van der Waals surface area (Å²) in [5.41, 5.74) is 4.30. The van der Waals surface area contributed by atoms with E-state index in [4.69, 9.17) is 22.8 Å². The molecule has 4 rings (SSSR count). The van der Waals surface area contributed by atoms with Crippen LogP contribution in [0.4, 0.5) is 24.5 Å². The SMILES string of the molecule is COc1ccc(NC(S)NC2CC2c2ccc(C(=N)/N=C\Nc3ccc(OC(F)(F)F)cc3)cc2)c(C(C)C)c1. The van der Waals surface area contributed by atoms with Crippen molar-refractivity contribution >= 4 is 36.2 Å². The molecule has 1 aliphatic carbocycles. The standard InChI is InChI=1S/C29H32F3N5O2S/c1-17(2)23-14-22(38-3)12-13-25(23)36-28(40)37-26-15-24(26)18-4-6-19(7-5-18)27(33)35-16-34-20-8-10-21(11-9-20)39-29(30,31)32/h4-14,16-17,24,26,28,36-37,40H,15H2,1-3H3,(H2,33,34,35). The number of hydrogen-bond acceptors (Lipinski definition) is 6. The van der Waals surface area contributed by atoms with Gasteiger partial charge in [-0.25, -0.2) is 4.99 Å². The van der Waals surface area contributed by atoms with Crippen molar-refractivity contribution in [2.45, 2.75) is 50.0 Å². The van der Waals surface area contributed by atoms with Crippen molar-refractivity contribution in [2.75, 3.05) is 17.7 Å². The molecule has 3 aromatic rings. The number of benzene rings is 3. The Kier molecular flexibility index (Phi) is 9.26. The van der Waals surface area contributed by atoms with Crippen LogP contribution in [0.15, 0.2) is 71.7 Å². The maximum absolute atomic E-state index is 12.3. The van der Waals surface area contributed by atoms with Crippen molar-refractivity contribution in [2.24, 2.45) is 4.99 Å². The van der Waals surface area contributed by atoms with E-state index in [9.17, 15) is 13.2 Å². The highest BCUT2D eigenvalue weighted by Crippen LogP contribution is 2.41. The number of halogens is 3. The normalized spacial score (nSPS) is 17.5. The maximum Gasteiger partial charge on any atom is 0.573 e. The zero-order valence-electron chi connectivity index (χ0n) is 22.3. The molecule has 40 heavy (non-hydrogen) atoms. The van der Waals surface area contributed by atoms with Gasteiger partial charge in [0, 0.05) is 28.9 Å². The summed E-state index contributed by atoms with van der Waals surface area (Å²) in [6.45, 7) is 4.28. The largest absolute Gasteiger partial charge is 0.573 e. The van der Waals surface area contributed by atoms with E-state index in [1.165, 1.54) is 36.2 Å². The summed E-state index contributed by atoms with van der Waals surface area (Å²) in [6.07, 6.45) is -2.42. The third-order valence-corrected chi connectivity index (χ3v) is 6.74. The Morgan fingerprint density at radius 2 is 1.73 bits per heavy atom. The van der Waals surface area contributed by atoms with Gasteiger partial charge in [0.25, 0.3) is 0 Å². The molecule has 1 fully saturated rings. The van der Waals surface area contributed by atoms with Gasteiger partial charge in [0.05, 0.1) is 13.4 Å². The molecule has 0 aliphatic heterocycles. The maximum atomic E-state index is 12.3. The van der Waals surface area contributed by atoms with Crippen LogP contribution in [-0.2, 0) is 0 Å². The highest BCUT2D eigenvalue weighted by atomic mass is 32.1. The van der Waals surface area contributed by atoms with Crippen LogP contribution in [0.3, 0.4) is 0 Å². The molecular formula is C29H32F3N5O2S. The van der Waals surface area contributed by atoms with Crippen LogP contribution in [0.25, 0.3) is 0 Å². The predicted molar refractivity (Wildman–Crippen MR) is 156 cm³/mol. The lowest BCUT2D eigenvalue weighted by molar-refractivity contribution is -0.274. The van der Waals surface area contributed by atoms with Gasteiger partial charge in [-0.05, 0) is 65.9 Å². The molecule has 212 valence electrons. The highest BCUT2D eigenvalue weighted by Gasteiger charge is 2.39. The molecule has 0 aromatic heterocycles. The van der Waals surface area contributed by atoms with Gasteiger partial charge in [-0.2, -0.15) is 0 Å². The second kappa shape index (κ2) is 12.6. The Balaban J connectivity index is 1.25. The minimum absolute atomic E-state index is 0.0571. The van der Waals surface area contributed by atoms with Gasteiger partial charge in [0.15, 0.2) is 5.84 Å². The van der Waals surface area contributed by atoms with Gasteiger partial charge in [0.1, 0.15) is 17.0 Å². The van der Waals surface area contributed by atoms with Gasteiger partial charge >= 0.3 is 6.36 Å². The summed E-state index contributed by atoms with van der Waals surface area (Å²) in [7, 11) is 1.66. The first-order valence-electron chi connectivity index (χ1n) is 12.7. The van der Waals surface area contributed by atoms with Crippen LogP contribution < -0.4 is 25.4 Å². The summed E-state index contributed by atoms with van der Waals surface area (Å²) in [6, 6.07) is 19.2. The van der Waals surface area contributed by atoms with Crippen molar-refractivity contribution in [3.63, 3.8) is 0 Å². The highest BCUT2D eigenvalue weighted by molar-refractivity contribution is 7.81. The molecule has 3 aromatic carbocycles. The van der Waals surface area contributed by atoms with E-state index < -0.39 is 6.36 Å². The van der Waals surface area contributed by atoms with E-state index in [0.29, 0.717) is 23.1 Å². The van der Waals surface area contributed by atoms with E-state index in [1.807, 2.05) is 42.5 Å². The minimum atomic E-state index is -4.74. The number of aliphatic imine (C=N–C) groups is 1. The number of hydrogen-bond donors (Lipinski definition) is 5. The second-order valence-electron chi connectivity index (χ2n) is 9.72. The van der Waals surface area contributed by atoms with Gasteiger partial charge in [-0.3, -0.25) is 10.7 Å². The van der Waals surface area contributed by atoms with Crippen molar-refractivity contribution in [3.05, 3.63) is 83.4 Å². The fourth-order valence-electron chi connectivity index (χ4n) is 4.30. The molecular weight excluding hydrogens is 539 g/mol. The molecule has 3 atom stereocenters. The molecule has 0 heterocycles. The van der Waals surface area contributed by atoms with Gasteiger partial charge in [-0.1, -0.05) is 38.1 Å².